The lowest BCUT2D eigenvalue weighted by Gasteiger charge is -2.17. The Morgan fingerprint density at radius 2 is 2.14 bits per heavy atom. The number of hydrogen-bond acceptors (Lipinski definition) is 4. The van der Waals surface area contributed by atoms with Crippen LogP contribution in [-0.4, -0.2) is 29.1 Å². The van der Waals surface area contributed by atoms with Gasteiger partial charge in [-0.05, 0) is 30.7 Å². The van der Waals surface area contributed by atoms with Crippen LogP contribution in [0.2, 0.25) is 5.02 Å². The first kappa shape index (κ1) is 15.7. The molecule has 114 valence electrons. The van der Waals surface area contributed by atoms with E-state index in [2.05, 4.69) is 5.32 Å². The van der Waals surface area contributed by atoms with Gasteiger partial charge in [-0.25, -0.2) is 0 Å². The van der Waals surface area contributed by atoms with Crippen molar-refractivity contribution in [3.05, 3.63) is 38.9 Å². The Kier molecular flexibility index (Phi) is 5.14. The molecule has 2 rings (SSSR count). The van der Waals surface area contributed by atoms with Crippen molar-refractivity contribution in [2.75, 3.05) is 13.2 Å². The van der Waals surface area contributed by atoms with Crippen LogP contribution < -0.4 is 5.32 Å². The molecule has 1 fully saturated rings. The van der Waals surface area contributed by atoms with E-state index in [9.17, 15) is 20.0 Å². The minimum absolute atomic E-state index is 0.101. The molecular formula is C14H17ClN2O4. The van der Waals surface area contributed by atoms with Crippen LogP contribution in [0, 0.1) is 22.0 Å². The van der Waals surface area contributed by atoms with Gasteiger partial charge in [-0.15, -0.1) is 0 Å². The van der Waals surface area contributed by atoms with Crippen molar-refractivity contribution < 1.29 is 14.8 Å². The summed E-state index contributed by atoms with van der Waals surface area (Å²) in [6.07, 6.45) is 2.98. The zero-order valence-electron chi connectivity index (χ0n) is 11.4. The quantitative estimate of drug-likeness (QED) is 0.645. The second-order valence-electron chi connectivity index (χ2n) is 5.24. The third-order valence-electron chi connectivity index (χ3n) is 4.00. The number of carbonyl (C=O) groups is 1. The van der Waals surface area contributed by atoms with Crippen molar-refractivity contribution in [3.63, 3.8) is 0 Å². The Morgan fingerprint density at radius 3 is 2.81 bits per heavy atom. The van der Waals surface area contributed by atoms with E-state index in [1.54, 1.807) is 0 Å². The third kappa shape index (κ3) is 3.51. The fraction of sp³-hybridized carbons (Fsp3) is 0.500. The van der Waals surface area contributed by atoms with Gasteiger partial charge in [0, 0.05) is 19.2 Å². The number of nitro benzene ring substituents is 1. The predicted octanol–water partition coefficient (Wildman–Crippen LogP) is 2.39. The Bertz CT molecular complexity index is 550. The van der Waals surface area contributed by atoms with Gasteiger partial charge in [-0.1, -0.05) is 24.1 Å². The average Bonchev–Trinajstić information content (AvgIpc) is 2.92. The highest BCUT2D eigenvalue weighted by atomic mass is 35.5. The molecule has 1 saturated carbocycles. The van der Waals surface area contributed by atoms with Crippen molar-refractivity contribution in [2.24, 2.45) is 11.8 Å². The van der Waals surface area contributed by atoms with Gasteiger partial charge in [0.1, 0.15) is 5.02 Å². The number of benzene rings is 1. The Morgan fingerprint density at radius 1 is 1.43 bits per heavy atom. The van der Waals surface area contributed by atoms with Crippen LogP contribution in [0.5, 0.6) is 0 Å². The summed E-state index contributed by atoms with van der Waals surface area (Å²) in [6, 6.07) is 4.16. The van der Waals surface area contributed by atoms with E-state index in [0.29, 0.717) is 6.54 Å². The summed E-state index contributed by atoms with van der Waals surface area (Å²) >= 11 is 5.91. The van der Waals surface area contributed by atoms with Crippen LogP contribution in [0.3, 0.4) is 0 Å². The van der Waals surface area contributed by atoms with Crippen molar-refractivity contribution in [1.29, 1.82) is 0 Å². The standard InChI is InChI=1S/C14H17ClN2O4/c15-13-11(5-2-6-12(13)17(20)21)14(19)16-7-9-3-1-4-10(9)8-18/h2,5-6,9-10,18H,1,3-4,7-8H2,(H,16,19). The van der Waals surface area contributed by atoms with Gasteiger partial charge in [0.2, 0.25) is 0 Å². The molecule has 1 aromatic rings. The Hall–Kier alpha value is -1.66. The van der Waals surface area contributed by atoms with Gasteiger partial charge >= 0.3 is 0 Å². The maximum absolute atomic E-state index is 12.1. The molecule has 0 spiro atoms. The molecule has 1 amide bonds. The molecular weight excluding hydrogens is 296 g/mol. The summed E-state index contributed by atoms with van der Waals surface area (Å²) in [7, 11) is 0. The van der Waals surface area contributed by atoms with Crippen LogP contribution in [0.15, 0.2) is 18.2 Å². The molecule has 1 aliphatic carbocycles. The molecule has 1 aromatic carbocycles. The van der Waals surface area contributed by atoms with Crippen LogP contribution in [0.4, 0.5) is 5.69 Å². The van der Waals surface area contributed by atoms with Crippen molar-refractivity contribution in [2.45, 2.75) is 19.3 Å². The first-order valence-corrected chi connectivity index (χ1v) is 7.24. The summed E-state index contributed by atoms with van der Waals surface area (Å²) in [5, 5.41) is 22.7. The topological polar surface area (TPSA) is 92.5 Å². The predicted molar refractivity (Wildman–Crippen MR) is 78.4 cm³/mol. The number of nitrogens with one attached hydrogen (secondary N) is 1. The maximum Gasteiger partial charge on any atom is 0.288 e. The number of halogens is 1. The molecule has 2 atom stereocenters. The van der Waals surface area contributed by atoms with E-state index in [-0.39, 0.29) is 34.7 Å². The SMILES string of the molecule is O=C(NCC1CCCC1CO)c1cccc([N+](=O)[O-])c1Cl. The van der Waals surface area contributed by atoms with Crippen LogP contribution >= 0.6 is 11.6 Å². The number of nitrogens with zero attached hydrogens (tertiary/aromatic N) is 1. The average molecular weight is 313 g/mol. The first-order valence-electron chi connectivity index (χ1n) is 6.86. The molecule has 0 radical (unpaired) electrons. The summed E-state index contributed by atoms with van der Waals surface area (Å²) < 4.78 is 0. The minimum atomic E-state index is -0.613. The zero-order valence-corrected chi connectivity index (χ0v) is 12.2. The van der Waals surface area contributed by atoms with Gasteiger partial charge in [0.25, 0.3) is 11.6 Å². The summed E-state index contributed by atoms with van der Waals surface area (Å²) in [5.74, 6) is 0.0367. The lowest BCUT2D eigenvalue weighted by Crippen LogP contribution is -2.31. The zero-order chi connectivity index (χ0) is 15.4. The van der Waals surface area contributed by atoms with Gasteiger partial charge in [-0.3, -0.25) is 14.9 Å². The monoisotopic (exact) mass is 312 g/mol. The lowest BCUT2D eigenvalue weighted by atomic mass is 9.97. The number of rotatable bonds is 5. The largest absolute Gasteiger partial charge is 0.396 e. The van der Waals surface area contributed by atoms with E-state index in [4.69, 9.17) is 11.6 Å². The highest BCUT2D eigenvalue weighted by Crippen LogP contribution is 2.31. The highest BCUT2D eigenvalue weighted by Gasteiger charge is 2.27. The fourth-order valence-electron chi connectivity index (χ4n) is 2.78. The van der Waals surface area contributed by atoms with Gasteiger partial charge < -0.3 is 10.4 Å². The summed E-state index contributed by atoms with van der Waals surface area (Å²) in [4.78, 5) is 22.3. The minimum Gasteiger partial charge on any atom is -0.396 e. The number of amides is 1. The smallest absolute Gasteiger partial charge is 0.288 e. The van der Waals surface area contributed by atoms with Crippen LogP contribution in [0.25, 0.3) is 0 Å². The van der Waals surface area contributed by atoms with E-state index < -0.39 is 10.8 Å². The Balaban J connectivity index is 2.04. The molecule has 0 saturated heterocycles. The molecule has 0 bridgehead atoms. The van der Waals surface area contributed by atoms with Crippen LogP contribution in [-0.2, 0) is 0 Å². The number of aliphatic hydroxyl groups is 1. The molecule has 6 nitrogen and oxygen atoms in total. The first-order chi connectivity index (χ1) is 10.0. The highest BCUT2D eigenvalue weighted by molar-refractivity contribution is 6.35. The van der Waals surface area contributed by atoms with Crippen molar-refractivity contribution in [1.82, 2.24) is 5.32 Å². The summed E-state index contributed by atoms with van der Waals surface area (Å²) in [5.41, 5.74) is -0.178. The van der Waals surface area contributed by atoms with Gasteiger partial charge in [-0.2, -0.15) is 0 Å². The molecule has 0 aromatic heterocycles. The van der Waals surface area contributed by atoms with E-state index in [0.717, 1.165) is 19.3 Å². The number of carbonyl (C=O) groups excluding carboxylic acids is 1. The van der Waals surface area contributed by atoms with E-state index >= 15 is 0 Å². The maximum atomic E-state index is 12.1. The lowest BCUT2D eigenvalue weighted by molar-refractivity contribution is -0.384. The molecule has 0 aliphatic heterocycles. The van der Waals surface area contributed by atoms with E-state index in [1.807, 2.05) is 0 Å². The molecule has 0 heterocycles. The van der Waals surface area contributed by atoms with Crippen molar-refractivity contribution >= 4 is 23.2 Å². The normalized spacial score (nSPS) is 21.2. The van der Waals surface area contributed by atoms with Crippen LogP contribution in [0.1, 0.15) is 29.6 Å². The molecule has 1 aliphatic rings. The second kappa shape index (κ2) is 6.87. The fourth-order valence-corrected chi connectivity index (χ4v) is 3.06. The third-order valence-corrected chi connectivity index (χ3v) is 4.39. The Labute approximate surface area is 127 Å². The number of hydrogen-bond donors (Lipinski definition) is 2. The molecule has 2 N–H and O–H groups in total. The van der Waals surface area contributed by atoms with Gasteiger partial charge in [0.15, 0.2) is 0 Å². The summed E-state index contributed by atoms with van der Waals surface area (Å²) in [6.45, 7) is 0.571. The number of nitro groups is 1. The second-order valence-corrected chi connectivity index (χ2v) is 5.62. The van der Waals surface area contributed by atoms with Crippen molar-refractivity contribution in [3.8, 4) is 0 Å². The van der Waals surface area contributed by atoms with Gasteiger partial charge in [0.05, 0.1) is 10.5 Å². The van der Waals surface area contributed by atoms with E-state index in [1.165, 1.54) is 18.2 Å². The molecule has 2 unspecified atom stereocenters. The number of aliphatic hydroxyl groups excluding tert-OH is 1. The molecule has 7 heteroatoms. The molecule has 21 heavy (non-hydrogen) atoms.